The first-order valence-electron chi connectivity index (χ1n) is 9.19. The molecule has 142 valence electrons. The van der Waals surface area contributed by atoms with Crippen molar-refractivity contribution < 1.29 is 19.0 Å². The van der Waals surface area contributed by atoms with Gasteiger partial charge >= 0.3 is 5.97 Å². The third kappa shape index (κ3) is 3.75. The van der Waals surface area contributed by atoms with Gasteiger partial charge in [0.15, 0.2) is 0 Å². The van der Waals surface area contributed by atoms with Crippen LogP contribution in [0.4, 0.5) is 0 Å². The van der Waals surface area contributed by atoms with Crippen molar-refractivity contribution >= 4 is 5.97 Å². The third-order valence-electron chi connectivity index (χ3n) is 4.83. The summed E-state index contributed by atoms with van der Waals surface area (Å²) in [7, 11) is 1.38. The summed E-state index contributed by atoms with van der Waals surface area (Å²) >= 11 is 0. The van der Waals surface area contributed by atoms with Crippen LogP contribution < -0.4 is 4.74 Å². The Labute approximate surface area is 163 Å². The van der Waals surface area contributed by atoms with Gasteiger partial charge in [-0.1, -0.05) is 30.3 Å². The highest BCUT2D eigenvalue weighted by Gasteiger charge is 2.26. The zero-order valence-electron chi connectivity index (χ0n) is 15.6. The van der Waals surface area contributed by atoms with E-state index in [2.05, 4.69) is 4.98 Å². The van der Waals surface area contributed by atoms with E-state index in [4.69, 9.17) is 14.2 Å². The highest BCUT2D eigenvalue weighted by molar-refractivity contribution is 5.89. The lowest BCUT2D eigenvalue weighted by Crippen LogP contribution is -2.11. The summed E-state index contributed by atoms with van der Waals surface area (Å²) in [6.07, 6.45) is 4.03. The molecule has 2 aromatic carbocycles. The minimum absolute atomic E-state index is 0.324. The Hall–Kier alpha value is -3.18. The summed E-state index contributed by atoms with van der Waals surface area (Å²) in [5.74, 6) is 0.338. The smallest absolute Gasteiger partial charge is 0.337 e. The van der Waals surface area contributed by atoms with Gasteiger partial charge < -0.3 is 14.2 Å². The van der Waals surface area contributed by atoms with E-state index >= 15 is 0 Å². The van der Waals surface area contributed by atoms with Gasteiger partial charge in [-0.05, 0) is 47.4 Å². The van der Waals surface area contributed by atoms with Crippen molar-refractivity contribution in [2.24, 2.45) is 0 Å². The lowest BCUT2D eigenvalue weighted by atomic mass is 9.96. The number of ether oxygens (including phenoxy) is 3. The lowest BCUT2D eigenvalue weighted by Gasteiger charge is -2.20. The quantitative estimate of drug-likeness (QED) is 0.628. The molecule has 0 aliphatic carbocycles. The van der Waals surface area contributed by atoms with Gasteiger partial charge in [0, 0.05) is 18.0 Å². The number of pyridine rings is 1. The fourth-order valence-electron chi connectivity index (χ4n) is 3.39. The monoisotopic (exact) mass is 375 g/mol. The molecule has 0 saturated carbocycles. The average molecular weight is 375 g/mol. The molecule has 5 heteroatoms. The molecule has 1 atom stereocenters. The Morgan fingerprint density at radius 3 is 2.86 bits per heavy atom. The van der Waals surface area contributed by atoms with Crippen molar-refractivity contribution in [3.05, 3.63) is 94.8 Å². The molecular weight excluding hydrogens is 354 g/mol. The van der Waals surface area contributed by atoms with E-state index in [1.54, 1.807) is 18.3 Å². The molecule has 0 saturated heterocycles. The second-order valence-corrected chi connectivity index (χ2v) is 6.59. The normalized spacial score (nSPS) is 15.0. The van der Waals surface area contributed by atoms with Gasteiger partial charge in [0.1, 0.15) is 18.5 Å². The van der Waals surface area contributed by atoms with Crippen LogP contribution in [0.5, 0.6) is 5.75 Å². The van der Waals surface area contributed by atoms with Crippen LogP contribution in [0.2, 0.25) is 0 Å². The molecule has 0 radical (unpaired) electrons. The lowest BCUT2D eigenvalue weighted by molar-refractivity contribution is 0.0599. The number of fused-ring (bicyclic) bond motifs is 2. The minimum Gasteiger partial charge on any atom is -0.488 e. The second-order valence-electron chi connectivity index (χ2n) is 6.59. The molecule has 3 aromatic rings. The number of hydrogen-bond acceptors (Lipinski definition) is 5. The molecule has 0 amide bonds. The minimum atomic E-state index is -0.380. The van der Waals surface area contributed by atoms with Crippen molar-refractivity contribution in [3.63, 3.8) is 0 Å². The Balaban J connectivity index is 1.67. The molecule has 1 aliphatic heterocycles. The first-order chi connectivity index (χ1) is 13.8. The summed E-state index contributed by atoms with van der Waals surface area (Å²) in [6.45, 7) is 0.982. The maximum atomic E-state index is 12.0. The topological polar surface area (TPSA) is 57.7 Å². The van der Waals surface area contributed by atoms with Crippen molar-refractivity contribution in [3.8, 4) is 5.75 Å². The zero-order valence-corrected chi connectivity index (χ0v) is 15.6. The number of benzene rings is 2. The molecule has 1 aliphatic rings. The molecule has 2 heterocycles. The molecule has 0 fully saturated rings. The van der Waals surface area contributed by atoms with Crippen LogP contribution >= 0.6 is 0 Å². The van der Waals surface area contributed by atoms with Crippen molar-refractivity contribution in [2.75, 3.05) is 13.7 Å². The van der Waals surface area contributed by atoms with Crippen LogP contribution in [0.15, 0.2) is 67.0 Å². The number of hydrogen-bond donors (Lipinski definition) is 0. The first-order valence-corrected chi connectivity index (χ1v) is 9.19. The van der Waals surface area contributed by atoms with Gasteiger partial charge in [0.2, 0.25) is 0 Å². The van der Waals surface area contributed by atoms with Gasteiger partial charge in [-0.15, -0.1) is 0 Å². The van der Waals surface area contributed by atoms with Crippen LogP contribution in [-0.2, 0) is 22.5 Å². The number of aromatic nitrogens is 1. The largest absolute Gasteiger partial charge is 0.488 e. The Kier molecular flexibility index (Phi) is 5.35. The number of methoxy groups -OCH3 is 1. The van der Waals surface area contributed by atoms with E-state index in [1.807, 2.05) is 48.7 Å². The van der Waals surface area contributed by atoms with Gasteiger partial charge in [0.25, 0.3) is 0 Å². The molecule has 5 nitrogen and oxygen atoms in total. The highest BCUT2D eigenvalue weighted by Crippen LogP contribution is 2.38. The molecule has 1 aromatic heterocycles. The molecule has 4 rings (SSSR count). The van der Waals surface area contributed by atoms with Crippen LogP contribution in [0, 0.1) is 0 Å². The van der Waals surface area contributed by atoms with Crippen LogP contribution in [0.25, 0.3) is 0 Å². The number of esters is 1. The maximum absolute atomic E-state index is 12.0. The summed E-state index contributed by atoms with van der Waals surface area (Å²) < 4.78 is 17.2. The predicted octanol–water partition coefficient (Wildman–Crippen LogP) is 4.11. The fraction of sp³-hybridized carbons (Fsp3) is 0.217. The van der Waals surface area contributed by atoms with E-state index in [9.17, 15) is 4.79 Å². The number of carbonyl (C=O) groups is 1. The van der Waals surface area contributed by atoms with E-state index in [-0.39, 0.29) is 12.1 Å². The Morgan fingerprint density at radius 1 is 1.14 bits per heavy atom. The van der Waals surface area contributed by atoms with E-state index in [0.717, 1.165) is 34.4 Å². The van der Waals surface area contributed by atoms with Gasteiger partial charge in [-0.25, -0.2) is 4.79 Å². The predicted molar refractivity (Wildman–Crippen MR) is 104 cm³/mol. The molecule has 0 bridgehead atoms. The summed E-state index contributed by atoms with van der Waals surface area (Å²) in [6, 6.07) is 17.4. The van der Waals surface area contributed by atoms with E-state index in [0.29, 0.717) is 18.8 Å². The second kappa shape index (κ2) is 8.23. The van der Waals surface area contributed by atoms with Crippen LogP contribution in [0.3, 0.4) is 0 Å². The maximum Gasteiger partial charge on any atom is 0.337 e. The van der Waals surface area contributed by atoms with E-state index in [1.165, 1.54) is 7.11 Å². The molecule has 28 heavy (non-hydrogen) atoms. The highest BCUT2D eigenvalue weighted by atomic mass is 16.5. The molecular formula is C23H21NO4. The summed E-state index contributed by atoms with van der Waals surface area (Å²) in [5, 5.41) is 0. The molecule has 0 spiro atoms. The zero-order chi connectivity index (χ0) is 19.3. The van der Waals surface area contributed by atoms with Gasteiger partial charge in [0.05, 0.1) is 19.3 Å². The number of carbonyl (C=O) groups excluding carboxylic acids is 1. The SMILES string of the molecule is COC(=O)c1ccc2c(c1)C(OCCc1cccnc1)c1ccccc1CO2. The molecule has 0 N–H and O–H groups in total. The Bertz CT molecular complexity index is 971. The van der Waals surface area contributed by atoms with Crippen molar-refractivity contribution in [1.29, 1.82) is 0 Å². The Morgan fingerprint density at radius 2 is 2.04 bits per heavy atom. The van der Waals surface area contributed by atoms with Crippen molar-refractivity contribution in [1.82, 2.24) is 4.98 Å². The summed E-state index contributed by atoms with van der Waals surface area (Å²) in [4.78, 5) is 16.2. The average Bonchev–Trinajstić information content (AvgIpc) is 2.91. The van der Waals surface area contributed by atoms with Crippen LogP contribution in [0.1, 0.15) is 38.7 Å². The summed E-state index contributed by atoms with van der Waals surface area (Å²) in [5.41, 5.74) is 4.55. The first kappa shape index (κ1) is 18.2. The number of nitrogens with zero attached hydrogens (tertiary/aromatic N) is 1. The molecule has 1 unspecified atom stereocenters. The van der Waals surface area contributed by atoms with Gasteiger partial charge in [-0.3, -0.25) is 4.98 Å². The standard InChI is InChI=1S/C23H21NO4/c1-26-23(25)17-8-9-21-20(13-17)22(19-7-3-2-6-18(19)15-28-21)27-12-10-16-5-4-11-24-14-16/h2-9,11,13-14,22H,10,12,15H2,1H3. The van der Waals surface area contributed by atoms with Gasteiger partial charge in [-0.2, -0.15) is 0 Å². The van der Waals surface area contributed by atoms with Crippen LogP contribution in [-0.4, -0.2) is 24.7 Å². The fourth-order valence-corrected chi connectivity index (χ4v) is 3.39. The number of rotatable bonds is 5. The third-order valence-corrected chi connectivity index (χ3v) is 4.83. The van der Waals surface area contributed by atoms with Crippen molar-refractivity contribution in [2.45, 2.75) is 19.1 Å². The van der Waals surface area contributed by atoms with E-state index < -0.39 is 0 Å².